The summed E-state index contributed by atoms with van der Waals surface area (Å²) < 4.78 is 6.82. The van der Waals surface area contributed by atoms with Crippen LogP contribution in [0.25, 0.3) is 22.3 Å². The Labute approximate surface area is 309 Å². The second kappa shape index (κ2) is 14.5. The van der Waals surface area contributed by atoms with Crippen molar-refractivity contribution in [2.45, 2.75) is 76.8 Å². The Hall–Kier alpha value is -5.93. The van der Waals surface area contributed by atoms with Crippen LogP contribution in [-0.4, -0.2) is 69.4 Å². The predicted octanol–water partition coefficient (Wildman–Crippen LogP) is 0.814. The number of nitrogens with two attached hydrogens (primary N) is 1. The molecule has 4 amide bonds. The Morgan fingerprint density at radius 3 is 2.48 bits per heavy atom. The Morgan fingerprint density at radius 1 is 0.981 bits per heavy atom. The molecule has 0 saturated carbocycles. The first kappa shape index (κ1) is 36.4. The number of benzene rings is 2. The Morgan fingerprint density at radius 2 is 1.74 bits per heavy atom. The number of fused-ring (bicyclic) bond motifs is 5. The summed E-state index contributed by atoms with van der Waals surface area (Å²) in [5, 5.41) is 22.9. The molecule has 2 aromatic carbocycles. The van der Waals surface area contributed by atoms with Crippen molar-refractivity contribution in [2.75, 3.05) is 18.4 Å². The van der Waals surface area contributed by atoms with E-state index in [1.165, 1.54) is 0 Å². The number of ether oxygens (including phenoxy) is 1. The number of esters is 1. The van der Waals surface area contributed by atoms with Crippen LogP contribution in [-0.2, 0) is 66.7 Å². The van der Waals surface area contributed by atoms with E-state index in [1.807, 2.05) is 30.3 Å². The molecule has 0 radical (unpaired) electrons. The number of rotatable bonds is 11. The molecule has 15 heteroatoms. The maximum atomic E-state index is 13.7. The van der Waals surface area contributed by atoms with E-state index in [1.54, 1.807) is 36.6 Å². The van der Waals surface area contributed by atoms with E-state index in [-0.39, 0.29) is 55.8 Å². The number of carbonyl (C=O) groups excluding carboxylic acids is 5. The first-order chi connectivity index (χ1) is 25.9. The van der Waals surface area contributed by atoms with Crippen LogP contribution in [0.1, 0.15) is 60.1 Å². The molecule has 3 aliphatic rings. The zero-order valence-corrected chi connectivity index (χ0v) is 29.9. The molecule has 7 N–H and O–H groups in total. The van der Waals surface area contributed by atoms with Gasteiger partial charge in [-0.3, -0.25) is 24.0 Å². The summed E-state index contributed by atoms with van der Waals surface area (Å²) in [5.41, 5.74) is 9.55. The number of aryl methyl sites for hydroxylation is 2. The van der Waals surface area contributed by atoms with Gasteiger partial charge in [0.1, 0.15) is 18.7 Å². The van der Waals surface area contributed by atoms with E-state index in [0.717, 1.165) is 40.5 Å². The summed E-state index contributed by atoms with van der Waals surface area (Å²) in [7, 11) is 0. The van der Waals surface area contributed by atoms with Crippen molar-refractivity contribution in [3.05, 3.63) is 92.3 Å². The topological polar surface area (TPSA) is 224 Å². The minimum atomic E-state index is -1.92. The molecule has 7 rings (SSSR count). The van der Waals surface area contributed by atoms with Crippen LogP contribution in [0.2, 0.25) is 0 Å². The minimum absolute atomic E-state index is 0.0481. The molecule has 3 atom stereocenters. The van der Waals surface area contributed by atoms with Gasteiger partial charge in [0.25, 0.3) is 5.56 Å². The van der Waals surface area contributed by atoms with E-state index in [4.69, 9.17) is 15.5 Å². The summed E-state index contributed by atoms with van der Waals surface area (Å²) >= 11 is 0. The molecule has 15 nitrogen and oxygen atoms in total. The van der Waals surface area contributed by atoms with Crippen LogP contribution >= 0.6 is 0 Å². The highest BCUT2D eigenvalue weighted by Crippen LogP contribution is 2.43. The van der Waals surface area contributed by atoms with Crippen LogP contribution in [0.5, 0.6) is 0 Å². The summed E-state index contributed by atoms with van der Waals surface area (Å²) in [6, 6.07) is 12.3. The SMILES string of the molecule is CC[C@@]1(O)C(=O)OCc2c1cc1n(c2=O)Cc2c-1nc1ccc(NC(=O)[C@H](C)NC(=O)[C@H](Cc3ccccc3)NC(=O)CNC(=O)CN)c3c1c2CCC3. The number of nitrogens with one attached hydrogen (secondary N) is 4. The summed E-state index contributed by atoms with van der Waals surface area (Å²) in [5.74, 6) is -2.93. The molecule has 4 aromatic rings. The fraction of sp³-hybridized carbons (Fsp3) is 0.359. The van der Waals surface area contributed by atoms with Crippen molar-refractivity contribution >= 4 is 46.2 Å². The molecule has 54 heavy (non-hydrogen) atoms. The van der Waals surface area contributed by atoms with E-state index in [2.05, 4.69) is 21.3 Å². The quantitative estimate of drug-likeness (QED) is 0.105. The average molecular weight is 736 g/mol. The third-order valence-corrected chi connectivity index (χ3v) is 10.5. The van der Waals surface area contributed by atoms with Crippen molar-refractivity contribution in [1.29, 1.82) is 0 Å². The smallest absolute Gasteiger partial charge is 0.343 e. The van der Waals surface area contributed by atoms with Gasteiger partial charge in [-0.15, -0.1) is 0 Å². The second-order valence-corrected chi connectivity index (χ2v) is 13.9. The highest BCUT2D eigenvalue weighted by Gasteiger charge is 2.45. The zero-order valence-electron chi connectivity index (χ0n) is 29.9. The number of pyridine rings is 2. The van der Waals surface area contributed by atoms with Gasteiger partial charge in [0.15, 0.2) is 5.60 Å². The third-order valence-electron chi connectivity index (χ3n) is 10.5. The van der Waals surface area contributed by atoms with Gasteiger partial charge in [-0.25, -0.2) is 9.78 Å². The van der Waals surface area contributed by atoms with Gasteiger partial charge >= 0.3 is 5.97 Å². The number of anilines is 1. The van der Waals surface area contributed by atoms with Crippen LogP contribution in [0.4, 0.5) is 5.69 Å². The number of aromatic nitrogens is 2. The maximum absolute atomic E-state index is 13.7. The van der Waals surface area contributed by atoms with Gasteiger partial charge in [0, 0.05) is 28.6 Å². The largest absolute Gasteiger partial charge is 0.458 e. The molecule has 0 unspecified atom stereocenters. The zero-order chi connectivity index (χ0) is 38.3. The van der Waals surface area contributed by atoms with Gasteiger partial charge in [0.2, 0.25) is 23.6 Å². The monoisotopic (exact) mass is 735 g/mol. The summed E-state index contributed by atoms with van der Waals surface area (Å²) in [6.45, 7) is 2.63. The van der Waals surface area contributed by atoms with Crippen molar-refractivity contribution in [1.82, 2.24) is 25.5 Å². The van der Waals surface area contributed by atoms with Crippen LogP contribution < -0.4 is 32.6 Å². The number of carbonyl (C=O) groups is 5. The van der Waals surface area contributed by atoms with Crippen molar-refractivity contribution in [3.63, 3.8) is 0 Å². The lowest BCUT2D eigenvalue weighted by atomic mass is 9.85. The first-order valence-electron chi connectivity index (χ1n) is 18.0. The maximum Gasteiger partial charge on any atom is 0.343 e. The van der Waals surface area contributed by atoms with E-state index in [0.29, 0.717) is 29.0 Å². The lowest BCUT2D eigenvalue weighted by molar-refractivity contribution is -0.172. The molecule has 0 bridgehead atoms. The number of nitrogens with zero attached hydrogens (tertiary/aromatic N) is 2. The van der Waals surface area contributed by atoms with Gasteiger partial charge in [-0.2, -0.15) is 0 Å². The second-order valence-electron chi connectivity index (χ2n) is 13.9. The molecule has 2 aliphatic heterocycles. The van der Waals surface area contributed by atoms with Crippen LogP contribution in [0.3, 0.4) is 0 Å². The molecule has 2 aromatic heterocycles. The van der Waals surface area contributed by atoms with E-state index in [9.17, 15) is 33.9 Å². The van der Waals surface area contributed by atoms with Gasteiger partial charge in [-0.1, -0.05) is 37.3 Å². The number of hydrogen-bond acceptors (Lipinski definition) is 10. The van der Waals surface area contributed by atoms with E-state index < -0.39 is 47.3 Å². The molecule has 0 fully saturated rings. The van der Waals surface area contributed by atoms with Crippen molar-refractivity contribution in [2.24, 2.45) is 5.73 Å². The molecule has 4 heterocycles. The van der Waals surface area contributed by atoms with Crippen LogP contribution in [0.15, 0.2) is 53.3 Å². The lowest BCUT2D eigenvalue weighted by Crippen LogP contribution is -2.54. The fourth-order valence-electron chi connectivity index (χ4n) is 7.61. The Kier molecular flexibility index (Phi) is 9.77. The average Bonchev–Trinajstić information content (AvgIpc) is 3.55. The highest BCUT2D eigenvalue weighted by molar-refractivity contribution is 6.02. The Bertz CT molecular complexity index is 2290. The molecular weight excluding hydrogens is 694 g/mol. The van der Waals surface area contributed by atoms with Crippen molar-refractivity contribution < 1.29 is 33.8 Å². The molecule has 0 saturated heterocycles. The molecular formula is C39H41N7O8. The predicted molar refractivity (Wildman–Crippen MR) is 197 cm³/mol. The summed E-state index contributed by atoms with van der Waals surface area (Å²) in [6.07, 6.45) is 2.37. The summed E-state index contributed by atoms with van der Waals surface area (Å²) in [4.78, 5) is 82.6. The molecule has 1 aliphatic carbocycles. The molecule has 280 valence electrons. The molecule has 0 spiro atoms. The minimum Gasteiger partial charge on any atom is -0.458 e. The lowest BCUT2D eigenvalue weighted by Gasteiger charge is -2.31. The number of cyclic esters (lactones) is 1. The van der Waals surface area contributed by atoms with Gasteiger partial charge in [0.05, 0.1) is 42.1 Å². The first-order valence-corrected chi connectivity index (χ1v) is 18.0. The van der Waals surface area contributed by atoms with Crippen LogP contribution in [0, 0.1) is 0 Å². The Balaban J connectivity index is 1.13. The van der Waals surface area contributed by atoms with Gasteiger partial charge in [-0.05, 0) is 67.5 Å². The standard InChI is InChI=1S/C39H41N7O8/c1-3-39(53)26-15-30-34-24(18-46(30)37(51)25(26)19-54-38(39)52)22-10-7-11-23-27(12-13-28(44-34)33(22)23)45-35(49)20(2)42-36(50)29(14-21-8-5-4-6-9-21)43-32(48)17-41-31(47)16-40/h4-6,8-9,12-13,15,20,29,53H,3,7,10-11,14,16-19,40H2,1-2H3,(H,41,47)(H,42,50)(H,43,48)(H,45,49)/t20-,29-,39-/m0/s1. The highest BCUT2D eigenvalue weighted by atomic mass is 16.6. The number of aliphatic hydroxyl groups is 1. The third kappa shape index (κ3) is 6.49. The fourth-order valence-corrected chi connectivity index (χ4v) is 7.61. The normalized spacial score (nSPS) is 17.7. The van der Waals surface area contributed by atoms with E-state index >= 15 is 0 Å². The number of amides is 4. The van der Waals surface area contributed by atoms with Crippen molar-refractivity contribution in [3.8, 4) is 11.4 Å². The number of hydrogen-bond donors (Lipinski definition) is 6. The van der Waals surface area contributed by atoms with Gasteiger partial charge < -0.3 is 41.4 Å².